The second-order valence-corrected chi connectivity index (χ2v) is 6.13. The van der Waals surface area contributed by atoms with Crippen molar-refractivity contribution < 1.29 is 18.7 Å². The molecule has 2 N–H and O–H groups in total. The number of furan rings is 1. The maximum Gasteiger partial charge on any atom is 0.275 e. The van der Waals surface area contributed by atoms with Crippen LogP contribution >= 0.6 is 11.3 Å². The third-order valence-corrected chi connectivity index (χ3v) is 4.22. The largest absolute Gasteiger partial charge is 0.472 e. The smallest absolute Gasteiger partial charge is 0.275 e. The van der Waals surface area contributed by atoms with Crippen molar-refractivity contribution >= 4 is 28.8 Å². The van der Waals surface area contributed by atoms with Gasteiger partial charge in [0.15, 0.2) is 0 Å². The Morgan fingerprint density at radius 3 is 3.08 bits per heavy atom. The van der Waals surface area contributed by atoms with E-state index in [1.165, 1.54) is 22.2 Å². The lowest BCUT2D eigenvalue weighted by Crippen LogP contribution is -2.30. The fourth-order valence-electron chi connectivity index (χ4n) is 2.10. The summed E-state index contributed by atoms with van der Waals surface area (Å²) in [6.45, 7) is 0.935. The number of nitrogens with one attached hydrogen (secondary N) is 2. The van der Waals surface area contributed by atoms with Crippen LogP contribution in [0.1, 0.15) is 10.5 Å². The van der Waals surface area contributed by atoms with Gasteiger partial charge in [-0.05, 0) is 6.07 Å². The average Bonchev–Trinajstić information content (AvgIpc) is 3.36. The Labute approximate surface area is 153 Å². The molecule has 26 heavy (non-hydrogen) atoms. The van der Waals surface area contributed by atoms with Crippen molar-refractivity contribution in [2.45, 2.75) is 6.54 Å². The highest BCUT2D eigenvalue weighted by molar-refractivity contribution is 7.13. The highest BCUT2D eigenvalue weighted by Gasteiger charge is 2.14. The van der Waals surface area contributed by atoms with E-state index in [9.17, 15) is 9.59 Å². The van der Waals surface area contributed by atoms with Crippen LogP contribution in [-0.2, 0) is 16.1 Å². The minimum absolute atomic E-state index is 0.0565. The van der Waals surface area contributed by atoms with Crippen molar-refractivity contribution in [2.24, 2.45) is 0 Å². The first kappa shape index (κ1) is 17.8. The molecule has 0 fully saturated rings. The number of anilines is 1. The van der Waals surface area contributed by atoms with Gasteiger partial charge in [0.05, 0.1) is 24.8 Å². The third-order valence-electron chi connectivity index (χ3n) is 3.33. The van der Waals surface area contributed by atoms with E-state index in [0.717, 1.165) is 5.56 Å². The molecule has 0 saturated carbocycles. The van der Waals surface area contributed by atoms with Gasteiger partial charge in [0, 0.05) is 30.8 Å². The zero-order valence-electron chi connectivity index (χ0n) is 14.0. The lowest BCUT2D eigenvalue weighted by Gasteiger charge is -2.04. The van der Waals surface area contributed by atoms with E-state index >= 15 is 0 Å². The molecule has 0 aliphatic carbocycles. The van der Waals surface area contributed by atoms with Gasteiger partial charge in [-0.25, -0.2) is 4.98 Å². The van der Waals surface area contributed by atoms with E-state index in [4.69, 9.17) is 9.15 Å². The van der Waals surface area contributed by atoms with Crippen molar-refractivity contribution in [1.29, 1.82) is 0 Å². The number of ether oxygens (including phenoxy) is 1. The van der Waals surface area contributed by atoms with Gasteiger partial charge < -0.3 is 19.8 Å². The normalized spacial score (nSPS) is 10.7. The summed E-state index contributed by atoms with van der Waals surface area (Å²) in [4.78, 5) is 28.3. The minimum Gasteiger partial charge on any atom is -0.472 e. The summed E-state index contributed by atoms with van der Waals surface area (Å²) in [5, 5.41) is 11.8. The summed E-state index contributed by atoms with van der Waals surface area (Å²) < 4.78 is 11.3. The van der Waals surface area contributed by atoms with Crippen molar-refractivity contribution in [3.8, 4) is 10.6 Å². The van der Waals surface area contributed by atoms with Gasteiger partial charge in [-0.1, -0.05) is 0 Å². The number of carbonyl (C=O) groups is 2. The Balaban J connectivity index is 1.55. The van der Waals surface area contributed by atoms with E-state index in [-0.39, 0.29) is 18.4 Å². The molecule has 0 unspecified atom stereocenters. The molecule has 3 rings (SSSR count). The van der Waals surface area contributed by atoms with Gasteiger partial charge >= 0.3 is 0 Å². The maximum absolute atomic E-state index is 12.3. The molecule has 0 bridgehead atoms. The Kier molecular flexibility index (Phi) is 5.77. The van der Waals surface area contributed by atoms with Crippen molar-refractivity contribution in [3.63, 3.8) is 0 Å². The molecule has 3 aromatic rings. The van der Waals surface area contributed by atoms with Gasteiger partial charge in [0.1, 0.15) is 23.5 Å². The number of methoxy groups -OCH3 is 1. The third kappa shape index (κ3) is 4.55. The van der Waals surface area contributed by atoms with Gasteiger partial charge in [0.25, 0.3) is 5.91 Å². The molecule has 0 aliphatic heterocycles. The Bertz CT molecular complexity index is 871. The number of nitrogens with zero attached hydrogens (tertiary/aromatic N) is 3. The summed E-state index contributed by atoms with van der Waals surface area (Å²) in [5.74, 6) is -0.535. The van der Waals surface area contributed by atoms with E-state index in [0.29, 0.717) is 29.5 Å². The van der Waals surface area contributed by atoms with Crippen LogP contribution in [0.25, 0.3) is 10.6 Å². The molecule has 0 aliphatic rings. The zero-order chi connectivity index (χ0) is 18.4. The number of thiazole rings is 1. The van der Waals surface area contributed by atoms with Crippen molar-refractivity contribution in [2.75, 3.05) is 25.6 Å². The van der Waals surface area contributed by atoms with Crippen LogP contribution in [0.5, 0.6) is 0 Å². The number of amides is 2. The number of hydrogen-bond acceptors (Lipinski definition) is 7. The van der Waals surface area contributed by atoms with Gasteiger partial charge in [-0.3, -0.25) is 14.3 Å². The second-order valence-electron chi connectivity index (χ2n) is 5.27. The standard InChI is InChI=1S/C16H17N5O4S/c1-24-5-3-17-14(22)8-21-7-12(6-18-21)19-15(23)13-10-26-16(20-13)11-2-4-25-9-11/h2,4,6-7,9-10H,3,5,8H2,1H3,(H,17,22)(H,19,23). The number of hydrogen-bond donors (Lipinski definition) is 2. The van der Waals surface area contributed by atoms with Crippen molar-refractivity contribution in [3.05, 3.63) is 42.1 Å². The van der Waals surface area contributed by atoms with Crippen LogP contribution in [0.15, 0.2) is 40.8 Å². The molecule has 136 valence electrons. The Hall–Kier alpha value is -2.98. The monoisotopic (exact) mass is 375 g/mol. The topological polar surface area (TPSA) is 111 Å². The van der Waals surface area contributed by atoms with E-state index < -0.39 is 0 Å². The molecule has 0 saturated heterocycles. The summed E-state index contributed by atoms with van der Waals surface area (Å²) >= 11 is 1.35. The predicted octanol–water partition coefficient (Wildman–Crippen LogP) is 1.61. The van der Waals surface area contributed by atoms with Crippen LogP contribution in [0.3, 0.4) is 0 Å². The number of rotatable bonds is 8. The number of carbonyl (C=O) groups excluding carboxylic acids is 2. The van der Waals surface area contributed by atoms with E-state index in [2.05, 4.69) is 20.7 Å². The maximum atomic E-state index is 12.3. The highest BCUT2D eigenvalue weighted by atomic mass is 32.1. The average molecular weight is 375 g/mol. The zero-order valence-corrected chi connectivity index (χ0v) is 14.8. The van der Waals surface area contributed by atoms with Gasteiger partial charge in [-0.15, -0.1) is 11.3 Å². The first-order valence-electron chi connectivity index (χ1n) is 7.73. The molecule has 3 aromatic heterocycles. The van der Waals surface area contributed by atoms with Crippen LogP contribution in [0.4, 0.5) is 5.69 Å². The van der Waals surface area contributed by atoms with Crippen molar-refractivity contribution in [1.82, 2.24) is 20.1 Å². The molecule has 0 radical (unpaired) electrons. The second kappa shape index (κ2) is 8.41. The fraction of sp³-hybridized carbons (Fsp3) is 0.250. The summed E-state index contributed by atoms with van der Waals surface area (Å²) in [7, 11) is 1.56. The lowest BCUT2D eigenvalue weighted by atomic mass is 10.3. The Morgan fingerprint density at radius 1 is 1.42 bits per heavy atom. The van der Waals surface area contributed by atoms with E-state index in [1.807, 2.05) is 0 Å². The molecule has 0 spiro atoms. The molecule has 0 atom stereocenters. The first-order valence-corrected chi connectivity index (χ1v) is 8.61. The Morgan fingerprint density at radius 2 is 2.31 bits per heavy atom. The van der Waals surface area contributed by atoms with Crippen LogP contribution in [0.2, 0.25) is 0 Å². The predicted molar refractivity (Wildman–Crippen MR) is 94.9 cm³/mol. The number of aromatic nitrogens is 3. The van der Waals surface area contributed by atoms with E-state index in [1.54, 1.807) is 37.3 Å². The quantitative estimate of drug-likeness (QED) is 0.579. The molecule has 9 nitrogen and oxygen atoms in total. The van der Waals surface area contributed by atoms with Crippen LogP contribution in [0, 0.1) is 0 Å². The summed E-state index contributed by atoms with van der Waals surface area (Å²) in [6.07, 6.45) is 6.18. The first-order chi connectivity index (χ1) is 12.7. The van der Waals surface area contributed by atoms with Crippen LogP contribution < -0.4 is 10.6 Å². The highest BCUT2D eigenvalue weighted by Crippen LogP contribution is 2.24. The van der Waals surface area contributed by atoms with Gasteiger partial charge in [-0.2, -0.15) is 5.10 Å². The lowest BCUT2D eigenvalue weighted by molar-refractivity contribution is -0.122. The van der Waals surface area contributed by atoms with Crippen LogP contribution in [-0.4, -0.2) is 46.8 Å². The molecule has 10 heteroatoms. The molecule has 0 aromatic carbocycles. The summed E-state index contributed by atoms with van der Waals surface area (Å²) in [5.41, 5.74) is 1.61. The molecular formula is C16H17N5O4S. The molecular weight excluding hydrogens is 358 g/mol. The SMILES string of the molecule is COCCNC(=O)Cn1cc(NC(=O)c2csc(-c3ccoc3)n2)cn1. The fourth-order valence-corrected chi connectivity index (χ4v) is 2.89. The minimum atomic E-state index is -0.347. The summed E-state index contributed by atoms with van der Waals surface area (Å²) in [6, 6.07) is 1.78. The van der Waals surface area contributed by atoms with Gasteiger partial charge in [0.2, 0.25) is 5.91 Å². The molecule has 3 heterocycles. The molecule has 2 amide bonds.